The number of aliphatic hydroxyl groups excluding tert-OH is 2. The van der Waals surface area contributed by atoms with Crippen LogP contribution in [-0.2, 0) is 18.4 Å². The van der Waals surface area contributed by atoms with Crippen LogP contribution in [0.3, 0.4) is 0 Å². The van der Waals surface area contributed by atoms with Crippen molar-refractivity contribution < 1.29 is 33.5 Å². The normalized spacial score (nSPS) is 15.6. The molecule has 0 heterocycles. The lowest BCUT2D eigenvalue weighted by molar-refractivity contribution is -0.124. The Morgan fingerprint density at radius 2 is 1.27 bits per heavy atom. The molecular formula is C35H67N2O7P. The van der Waals surface area contributed by atoms with Crippen molar-refractivity contribution in [1.82, 2.24) is 5.32 Å². The van der Waals surface area contributed by atoms with Crippen LogP contribution in [0, 0.1) is 0 Å². The molecule has 264 valence electrons. The number of carbonyl (C=O) groups is 1. The van der Waals surface area contributed by atoms with Gasteiger partial charge < -0.3 is 26.2 Å². The molecule has 0 aromatic rings. The van der Waals surface area contributed by atoms with Gasteiger partial charge in [-0.1, -0.05) is 127 Å². The number of phosphoric acid groups is 1. The first-order valence-electron chi connectivity index (χ1n) is 17.7. The Balaban J connectivity index is 4.56. The summed E-state index contributed by atoms with van der Waals surface area (Å²) in [7, 11) is -4.40. The molecule has 0 saturated carbocycles. The summed E-state index contributed by atoms with van der Waals surface area (Å²) in [6.07, 6.45) is 31.2. The highest BCUT2D eigenvalue weighted by atomic mass is 31.2. The minimum atomic E-state index is -4.40. The van der Waals surface area contributed by atoms with Gasteiger partial charge in [-0.15, -0.1) is 0 Å². The molecule has 0 fully saturated rings. The summed E-state index contributed by atoms with van der Waals surface area (Å²) in [6, 6.07) is -1.01. The Kier molecular flexibility index (Phi) is 30.4. The summed E-state index contributed by atoms with van der Waals surface area (Å²) in [5.74, 6) is -0.495. The zero-order valence-corrected chi connectivity index (χ0v) is 29.4. The summed E-state index contributed by atoms with van der Waals surface area (Å²) >= 11 is 0. The van der Waals surface area contributed by atoms with Crippen LogP contribution < -0.4 is 11.1 Å². The SMILES string of the molecule is CCCCCC/C=C\CC(O)CC(=O)NC(COP(=O)(O)OCCN)C(O)/C=C/CC/C=C/CCCCCCCCCCCC. The van der Waals surface area contributed by atoms with Gasteiger partial charge in [-0.2, -0.15) is 0 Å². The fourth-order valence-electron chi connectivity index (χ4n) is 4.78. The van der Waals surface area contributed by atoms with Crippen molar-refractivity contribution in [2.24, 2.45) is 5.73 Å². The van der Waals surface area contributed by atoms with E-state index < -0.39 is 38.6 Å². The number of amides is 1. The molecule has 0 aromatic heterocycles. The van der Waals surface area contributed by atoms with E-state index in [0.29, 0.717) is 12.8 Å². The van der Waals surface area contributed by atoms with Crippen LogP contribution in [0.5, 0.6) is 0 Å². The van der Waals surface area contributed by atoms with Crippen LogP contribution >= 0.6 is 7.82 Å². The van der Waals surface area contributed by atoms with Gasteiger partial charge >= 0.3 is 7.82 Å². The lowest BCUT2D eigenvalue weighted by Gasteiger charge is -2.23. The molecule has 6 N–H and O–H groups in total. The predicted octanol–water partition coefficient (Wildman–Crippen LogP) is 7.80. The van der Waals surface area contributed by atoms with E-state index in [2.05, 4.69) is 31.3 Å². The summed E-state index contributed by atoms with van der Waals surface area (Å²) < 4.78 is 21.9. The summed E-state index contributed by atoms with van der Waals surface area (Å²) in [5.41, 5.74) is 5.32. The minimum absolute atomic E-state index is 0.0399. The minimum Gasteiger partial charge on any atom is -0.392 e. The van der Waals surface area contributed by atoms with Gasteiger partial charge in [-0.05, 0) is 44.9 Å². The Hall–Kier alpha value is -1.32. The number of unbranched alkanes of at least 4 members (excludes halogenated alkanes) is 15. The van der Waals surface area contributed by atoms with E-state index in [0.717, 1.165) is 25.7 Å². The molecule has 0 saturated heterocycles. The Labute approximate surface area is 274 Å². The Morgan fingerprint density at radius 3 is 1.87 bits per heavy atom. The van der Waals surface area contributed by atoms with Gasteiger partial charge in [0.15, 0.2) is 0 Å². The number of nitrogens with one attached hydrogen (secondary N) is 1. The van der Waals surface area contributed by atoms with Gasteiger partial charge in [-0.3, -0.25) is 13.8 Å². The zero-order valence-electron chi connectivity index (χ0n) is 28.5. The molecule has 4 unspecified atom stereocenters. The molecular weight excluding hydrogens is 591 g/mol. The van der Waals surface area contributed by atoms with E-state index >= 15 is 0 Å². The second-order valence-electron chi connectivity index (χ2n) is 11.9. The van der Waals surface area contributed by atoms with Gasteiger partial charge in [-0.25, -0.2) is 4.57 Å². The fourth-order valence-corrected chi connectivity index (χ4v) is 5.54. The number of hydrogen-bond donors (Lipinski definition) is 5. The highest BCUT2D eigenvalue weighted by Crippen LogP contribution is 2.43. The molecule has 4 atom stereocenters. The fraction of sp³-hybridized carbons (Fsp3) is 0.800. The molecule has 1 amide bonds. The molecule has 0 rings (SSSR count). The largest absolute Gasteiger partial charge is 0.472 e. The quantitative estimate of drug-likeness (QED) is 0.0279. The van der Waals surface area contributed by atoms with Crippen molar-refractivity contribution in [2.75, 3.05) is 19.8 Å². The number of carbonyl (C=O) groups excluding carboxylic acids is 1. The van der Waals surface area contributed by atoms with Crippen LogP contribution in [0.2, 0.25) is 0 Å². The average Bonchev–Trinajstić information content (AvgIpc) is 3.01. The van der Waals surface area contributed by atoms with E-state index in [1.54, 1.807) is 6.08 Å². The van der Waals surface area contributed by atoms with Gasteiger partial charge in [0.25, 0.3) is 0 Å². The number of nitrogens with two attached hydrogens (primary N) is 1. The predicted molar refractivity (Wildman–Crippen MR) is 186 cm³/mol. The van der Waals surface area contributed by atoms with E-state index in [9.17, 15) is 24.5 Å². The molecule has 0 aliphatic carbocycles. The van der Waals surface area contributed by atoms with E-state index in [-0.39, 0.29) is 19.6 Å². The summed E-state index contributed by atoms with van der Waals surface area (Å²) in [4.78, 5) is 22.5. The van der Waals surface area contributed by atoms with E-state index in [1.165, 1.54) is 83.5 Å². The topological polar surface area (TPSA) is 151 Å². The highest BCUT2D eigenvalue weighted by Gasteiger charge is 2.27. The van der Waals surface area contributed by atoms with Crippen molar-refractivity contribution in [3.05, 3.63) is 36.5 Å². The van der Waals surface area contributed by atoms with Crippen molar-refractivity contribution in [1.29, 1.82) is 0 Å². The number of hydrogen-bond acceptors (Lipinski definition) is 7. The van der Waals surface area contributed by atoms with Crippen molar-refractivity contribution in [3.63, 3.8) is 0 Å². The second kappa shape index (κ2) is 31.3. The van der Waals surface area contributed by atoms with Crippen LogP contribution in [0.4, 0.5) is 0 Å². The molecule has 0 aliphatic heterocycles. The van der Waals surface area contributed by atoms with E-state index in [1.807, 2.05) is 18.2 Å². The first-order valence-corrected chi connectivity index (χ1v) is 19.2. The molecule has 45 heavy (non-hydrogen) atoms. The van der Waals surface area contributed by atoms with Gasteiger partial charge in [0.05, 0.1) is 37.9 Å². The third kappa shape index (κ3) is 29.8. The smallest absolute Gasteiger partial charge is 0.392 e. The van der Waals surface area contributed by atoms with Gasteiger partial charge in [0.1, 0.15) is 0 Å². The maximum Gasteiger partial charge on any atom is 0.472 e. The maximum absolute atomic E-state index is 12.6. The molecule has 9 nitrogen and oxygen atoms in total. The number of phosphoric ester groups is 1. The molecule has 0 aliphatic rings. The lowest BCUT2D eigenvalue weighted by atomic mass is 10.1. The van der Waals surface area contributed by atoms with Crippen LogP contribution in [0.1, 0.15) is 142 Å². The summed E-state index contributed by atoms with van der Waals surface area (Å²) in [5, 5.41) is 23.7. The van der Waals surface area contributed by atoms with Crippen LogP contribution in [0.25, 0.3) is 0 Å². The number of allylic oxidation sites excluding steroid dienone is 4. The van der Waals surface area contributed by atoms with Crippen molar-refractivity contribution >= 4 is 13.7 Å². The van der Waals surface area contributed by atoms with Crippen LogP contribution in [-0.4, -0.2) is 59.0 Å². The maximum atomic E-state index is 12.6. The molecule has 0 aromatic carbocycles. The lowest BCUT2D eigenvalue weighted by Crippen LogP contribution is -2.46. The average molecular weight is 659 g/mol. The van der Waals surface area contributed by atoms with E-state index in [4.69, 9.17) is 14.8 Å². The molecule has 0 spiro atoms. The van der Waals surface area contributed by atoms with Gasteiger partial charge in [0, 0.05) is 6.54 Å². The molecule has 0 radical (unpaired) electrons. The Morgan fingerprint density at radius 1 is 0.756 bits per heavy atom. The number of rotatable bonds is 32. The highest BCUT2D eigenvalue weighted by molar-refractivity contribution is 7.47. The first kappa shape index (κ1) is 43.7. The van der Waals surface area contributed by atoms with Crippen molar-refractivity contribution in [3.8, 4) is 0 Å². The summed E-state index contributed by atoms with van der Waals surface area (Å²) in [6.45, 7) is 3.83. The van der Waals surface area contributed by atoms with Crippen LogP contribution in [0.15, 0.2) is 36.5 Å². The monoisotopic (exact) mass is 658 g/mol. The third-order valence-corrected chi connectivity index (χ3v) is 8.48. The second-order valence-corrected chi connectivity index (χ2v) is 13.4. The zero-order chi connectivity index (χ0) is 33.4. The molecule has 10 heteroatoms. The first-order chi connectivity index (χ1) is 21.8. The standard InChI is InChI=1S/C35H67N2O7P/c1-3-5-7-9-11-12-13-14-15-16-17-18-19-21-23-25-27-34(39)33(31-44-45(41,42)43-29-28-36)37-35(40)30-32(38)26-24-22-20-10-8-6-4-2/h18-19,22,24-25,27,32-34,38-39H,3-17,20-21,23,26,28-31,36H2,1-2H3,(H,37,40)(H,41,42)/b19-18+,24-22-,27-25+. The molecule has 0 bridgehead atoms. The number of aliphatic hydroxyl groups is 2. The van der Waals surface area contributed by atoms with Gasteiger partial charge in [0.2, 0.25) is 5.91 Å². The third-order valence-electron chi connectivity index (χ3n) is 7.49. The Bertz CT molecular complexity index is 822. The van der Waals surface area contributed by atoms with Crippen molar-refractivity contribution in [2.45, 2.75) is 161 Å².